The van der Waals surface area contributed by atoms with Gasteiger partial charge in [0.2, 0.25) is 0 Å². The summed E-state index contributed by atoms with van der Waals surface area (Å²) in [6.07, 6.45) is 3.43. The van der Waals surface area contributed by atoms with Gasteiger partial charge in [-0.05, 0) is 37.4 Å². The zero-order valence-electron chi connectivity index (χ0n) is 8.38. The summed E-state index contributed by atoms with van der Waals surface area (Å²) >= 11 is 0. The number of nitrogens with one attached hydrogen (secondary N) is 1. The van der Waals surface area contributed by atoms with Crippen LogP contribution in [0.4, 0.5) is 5.69 Å². The van der Waals surface area contributed by atoms with Gasteiger partial charge in [-0.1, -0.05) is 18.2 Å². The maximum atomic E-state index is 7.11. The van der Waals surface area contributed by atoms with Crippen LogP contribution in [0.25, 0.3) is 4.85 Å². The van der Waals surface area contributed by atoms with Crippen molar-refractivity contribution in [2.75, 3.05) is 7.05 Å². The van der Waals surface area contributed by atoms with E-state index < -0.39 is 0 Å². The van der Waals surface area contributed by atoms with Crippen molar-refractivity contribution in [3.05, 3.63) is 40.7 Å². The van der Waals surface area contributed by atoms with Crippen LogP contribution in [0.1, 0.15) is 30.0 Å². The molecule has 1 aromatic carbocycles. The highest BCUT2D eigenvalue weighted by Crippen LogP contribution is 2.34. The van der Waals surface area contributed by atoms with Crippen LogP contribution < -0.4 is 5.32 Å². The van der Waals surface area contributed by atoms with E-state index in [-0.39, 0.29) is 0 Å². The van der Waals surface area contributed by atoms with Gasteiger partial charge < -0.3 is 5.32 Å². The highest BCUT2D eigenvalue weighted by Gasteiger charge is 2.20. The minimum atomic E-state index is 0.445. The fourth-order valence-corrected chi connectivity index (χ4v) is 2.23. The molecule has 1 aliphatic carbocycles. The van der Waals surface area contributed by atoms with Crippen molar-refractivity contribution in [1.82, 2.24) is 5.32 Å². The van der Waals surface area contributed by atoms with Gasteiger partial charge in [0.1, 0.15) is 0 Å². The van der Waals surface area contributed by atoms with E-state index in [0.717, 1.165) is 12.1 Å². The molecule has 1 aromatic rings. The Bertz CT molecular complexity index is 376. The first-order chi connectivity index (χ1) is 6.86. The van der Waals surface area contributed by atoms with Gasteiger partial charge in [0, 0.05) is 6.04 Å². The molecule has 2 nitrogen and oxygen atoms in total. The summed E-state index contributed by atoms with van der Waals surface area (Å²) in [5, 5.41) is 3.31. The van der Waals surface area contributed by atoms with E-state index in [4.69, 9.17) is 6.57 Å². The standard InChI is InChI=1S/C12H14N2/c1-13-11-7-3-6-10-9(11)5-4-8-12(10)14-2/h4-5,8,11,13H,3,6-7H2,1H3/t11-/m1/s1. The van der Waals surface area contributed by atoms with Crippen LogP contribution in [0.3, 0.4) is 0 Å². The molecule has 0 saturated heterocycles. The summed E-state index contributed by atoms with van der Waals surface area (Å²) in [4.78, 5) is 3.57. The lowest BCUT2D eigenvalue weighted by molar-refractivity contribution is 0.497. The average molecular weight is 186 g/mol. The highest BCUT2D eigenvalue weighted by atomic mass is 14.9. The van der Waals surface area contributed by atoms with Crippen molar-refractivity contribution in [3.8, 4) is 0 Å². The minimum Gasteiger partial charge on any atom is -0.313 e. The molecule has 72 valence electrons. The molecule has 0 spiro atoms. The average Bonchev–Trinajstić information content (AvgIpc) is 2.27. The Balaban J connectivity index is 2.50. The molecule has 14 heavy (non-hydrogen) atoms. The summed E-state index contributed by atoms with van der Waals surface area (Å²) in [6, 6.07) is 6.50. The quantitative estimate of drug-likeness (QED) is 0.667. The van der Waals surface area contributed by atoms with Crippen molar-refractivity contribution in [1.29, 1.82) is 0 Å². The number of hydrogen-bond donors (Lipinski definition) is 1. The Labute approximate surface area is 84.8 Å². The molecule has 0 bridgehead atoms. The Kier molecular flexibility index (Phi) is 2.51. The first kappa shape index (κ1) is 9.23. The normalized spacial score (nSPS) is 19.9. The molecule has 0 fully saturated rings. The van der Waals surface area contributed by atoms with Gasteiger partial charge >= 0.3 is 0 Å². The molecule has 1 aliphatic rings. The molecule has 0 radical (unpaired) electrons. The maximum absolute atomic E-state index is 7.11. The van der Waals surface area contributed by atoms with Crippen molar-refractivity contribution in [2.24, 2.45) is 0 Å². The smallest absolute Gasteiger partial charge is 0.190 e. The minimum absolute atomic E-state index is 0.445. The van der Waals surface area contributed by atoms with Crippen LogP contribution in [0.5, 0.6) is 0 Å². The summed E-state index contributed by atoms with van der Waals surface area (Å²) in [7, 11) is 1.99. The van der Waals surface area contributed by atoms with Gasteiger partial charge in [-0.2, -0.15) is 0 Å². The fourth-order valence-electron chi connectivity index (χ4n) is 2.23. The fraction of sp³-hybridized carbons (Fsp3) is 0.417. The van der Waals surface area contributed by atoms with Crippen LogP contribution in [-0.4, -0.2) is 7.05 Å². The monoisotopic (exact) mass is 186 g/mol. The molecule has 2 rings (SSSR count). The summed E-state index contributed by atoms with van der Waals surface area (Å²) in [5.41, 5.74) is 3.42. The Morgan fingerprint density at radius 3 is 3.07 bits per heavy atom. The van der Waals surface area contributed by atoms with Crippen molar-refractivity contribution in [3.63, 3.8) is 0 Å². The Morgan fingerprint density at radius 1 is 1.50 bits per heavy atom. The molecule has 0 aromatic heterocycles. The molecule has 0 unspecified atom stereocenters. The maximum Gasteiger partial charge on any atom is 0.190 e. The zero-order chi connectivity index (χ0) is 9.97. The van der Waals surface area contributed by atoms with E-state index in [2.05, 4.69) is 16.2 Å². The lowest BCUT2D eigenvalue weighted by Crippen LogP contribution is -2.21. The predicted molar refractivity (Wildman–Crippen MR) is 57.4 cm³/mol. The Morgan fingerprint density at radius 2 is 2.36 bits per heavy atom. The molecule has 2 heteroatoms. The predicted octanol–water partition coefficient (Wildman–Crippen LogP) is 2.83. The molecule has 1 N–H and O–H groups in total. The molecule has 0 saturated carbocycles. The second-order valence-electron chi connectivity index (χ2n) is 3.69. The van der Waals surface area contributed by atoms with Gasteiger partial charge in [0.05, 0.1) is 6.57 Å². The first-order valence-electron chi connectivity index (χ1n) is 5.03. The number of nitrogens with zero attached hydrogens (tertiary/aromatic N) is 1. The van der Waals surface area contributed by atoms with E-state index in [9.17, 15) is 0 Å². The zero-order valence-corrected chi connectivity index (χ0v) is 8.38. The van der Waals surface area contributed by atoms with E-state index in [1.54, 1.807) is 0 Å². The van der Waals surface area contributed by atoms with E-state index >= 15 is 0 Å². The van der Waals surface area contributed by atoms with Crippen LogP contribution >= 0.6 is 0 Å². The second-order valence-corrected chi connectivity index (χ2v) is 3.69. The third-order valence-electron chi connectivity index (χ3n) is 2.95. The van der Waals surface area contributed by atoms with Crippen molar-refractivity contribution < 1.29 is 0 Å². The van der Waals surface area contributed by atoms with Gasteiger partial charge in [-0.15, -0.1) is 0 Å². The SMILES string of the molecule is [C-]#[N+]c1cccc2c1CCC[C@H]2NC. The third-order valence-corrected chi connectivity index (χ3v) is 2.95. The molecule has 0 aliphatic heterocycles. The molecule has 0 amide bonds. The van der Waals surface area contributed by atoms with Crippen molar-refractivity contribution >= 4 is 5.69 Å². The van der Waals surface area contributed by atoms with Gasteiger partial charge in [0.15, 0.2) is 5.69 Å². The van der Waals surface area contributed by atoms with Crippen LogP contribution in [-0.2, 0) is 6.42 Å². The summed E-state index contributed by atoms with van der Waals surface area (Å²) in [5.74, 6) is 0. The van der Waals surface area contributed by atoms with Gasteiger partial charge in [-0.25, -0.2) is 4.85 Å². The van der Waals surface area contributed by atoms with E-state index in [1.807, 2.05) is 19.2 Å². The number of benzene rings is 1. The summed E-state index contributed by atoms with van der Waals surface area (Å²) in [6.45, 7) is 7.11. The molecule has 0 heterocycles. The van der Waals surface area contributed by atoms with Crippen molar-refractivity contribution in [2.45, 2.75) is 25.3 Å². The number of hydrogen-bond acceptors (Lipinski definition) is 1. The largest absolute Gasteiger partial charge is 0.313 e. The molecular formula is C12H14N2. The third kappa shape index (κ3) is 1.40. The van der Waals surface area contributed by atoms with E-state index in [0.29, 0.717) is 6.04 Å². The lowest BCUT2D eigenvalue weighted by Gasteiger charge is -2.25. The summed E-state index contributed by atoms with van der Waals surface area (Å²) < 4.78 is 0. The topological polar surface area (TPSA) is 16.4 Å². The van der Waals surface area contributed by atoms with Gasteiger partial charge in [-0.3, -0.25) is 0 Å². The van der Waals surface area contributed by atoms with Crippen LogP contribution in [0.2, 0.25) is 0 Å². The van der Waals surface area contributed by atoms with E-state index in [1.165, 1.54) is 24.0 Å². The second kappa shape index (κ2) is 3.81. The molecule has 1 atom stereocenters. The number of fused-ring (bicyclic) bond motifs is 1. The van der Waals surface area contributed by atoms with Crippen LogP contribution in [0.15, 0.2) is 18.2 Å². The molecular weight excluding hydrogens is 172 g/mol. The highest BCUT2D eigenvalue weighted by molar-refractivity contribution is 5.57. The first-order valence-corrected chi connectivity index (χ1v) is 5.03. The Hall–Kier alpha value is -1.33. The van der Waals surface area contributed by atoms with Gasteiger partial charge in [0.25, 0.3) is 0 Å². The van der Waals surface area contributed by atoms with Crippen LogP contribution in [0, 0.1) is 6.57 Å². The number of rotatable bonds is 1. The lowest BCUT2D eigenvalue weighted by atomic mass is 9.87.